The Hall–Kier alpha value is -1.07. The minimum absolute atomic E-state index is 0.177. The molecule has 1 N–H and O–H groups in total. The van der Waals surface area contributed by atoms with E-state index in [2.05, 4.69) is 11.4 Å². The maximum absolute atomic E-state index is 11.6. The number of hydrogen-bond acceptors (Lipinski definition) is 3. The van der Waals surface area contributed by atoms with E-state index in [0.717, 1.165) is 23.4 Å². The third-order valence-electron chi connectivity index (χ3n) is 4.21. The maximum Gasteiger partial charge on any atom is 0.320 e. The minimum atomic E-state index is -0.779. The highest BCUT2D eigenvalue weighted by atomic mass is 35.5. The number of benzene rings is 1. The smallest absolute Gasteiger partial charge is 0.320 e. The number of rotatable bonds is 4. The normalized spacial score (nSPS) is 19.9. The molecule has 2 heterocycles. The van der Waals surface area contributed by atoms with Crippen molar-refractivity contribution in [1.29, 1.82) is 0 Å². The average molecular weight is 370 g/mol. The number of halogens is 2. The number of aryl methyl sites for hydroxylation is 1. The number of carbonyl (C=O) groups is 1. The zero-order valence-corrected chi connectivity index (χ0v) is 15.0. The Balaban J connectivity index is 2.11. The Morgan fingerprint density at radius 1 is 1.43 bits per heavy atom. The van der Waals surface area contributed by atoms with Crippen LogP contribution in [0.15, 0.2) is 29.6 Å². The van der Waals surface area contributed by atoms with Crippen LogP contribution in [0.2, 0.25) is 10.0 Å². The van der Waals surface area contributed by atoms with Gasteiger partial charge < -0.3 is 5.11 Å². The van der Waals surface area contributed by atoms with E-state index in [1.165, 1.54) is 5.56 Å². The molecular weight excluding hydrogens is 353 g/mol. The molecule has 0 saturated carbocycles. The summed E-state index contributed by atoms with van der Waals surface area (Å²) in [7, 11) is 0. The van der Waals surface area contributed by atoms with Gasteiger partial charge in [-0.2, -0.15) is 0 Å². The number of carboxylic acid groups (broad SMARTS) is 1. The summed E-state index contributed by atoms with van der Waals surface area (Å²) in [5.41, 5.74) is 2.04. The molecule has 1 aromatic carbocycles. The number of hydrogen-bond donors (Lipinski definition) is 1. The second kappa shape index (κ2) is 6.81. The average Bonchev–Trinajstić information content (AvgIpc) is 3.13. The van der Waals surface area contributed by atoms with Gasteiger partial charge in [0.2, 0.25) is 0 Å². The topological polar surface area (TPSA) is 40.5 Å². The highest BCUT2D eigenvalue weighted by molar-refractivity contribution is 7.10. The molecule has 0 amide bonds. The molecule has 0 bridgehead atoms. The van der Waals surface area contributed by atoms with Gasteiger partial charge in [0.15, 0.2) is 0 Å². The Morgan fingerprint density at radius 3 is 2.87 bits per heavy atom. The van der Waals surface area contributed by atoms with Crippen molar-refractivity contribution in [1.82, 2.24) is 4.90 Å². The summed E-state index contributed by atoms with van der Waals surface area (Å²) in [6, 6.07) is 6.99. The van der Waals surface area contributed by atoms with Crippen molar-refractivity contribution in [3.05, 3.63) is 55.7 Å². The summed E-state index contributed by atoms with van der Waals surface area (Å²) in [6.07, 6.45) is 1.53. The number of carboxylic acids is 1. The Morgan fingerprint density at radius 2 is 2.22 bits per heavy atom. The lowest BCUT2D eigenvalue weighted by atomic mass is 10.0. The lowest BCUT2D eigenvalue weighted by Gasteiger charge is -2.31. The van der Waals surface area contributed by atoms with Gasteiger partial charge in [-0.3, -0.25) is 9.69 Å². The number of thiophene rings is 1. The van der Waals surface area contributed by atoms with Crippen LogP contribution in [0.5, 0.6) is 0 Å². The largest absolute Gasteiger partial charge is 0.480 e. The first-order chi connectivity index (χ1) is 11.0. The molecule has 1 fully saturated rings. The van der Waals surface area contributed by atoms with E-state index in [1.54, 1.807) is 17.4 Å². The van der Waals surface area contributed by atoms with Gasteiger partial charge in [-0.15, -0.1) is 11.3 Å². The van der Waals surface area contributed by atoms with Crippen molar-refractivity contribution >= 4 is 40.5 Å². The van der Waals surface area contributed by atoms with Crippen LogP contribution in [0.25, 0.3) is 0 Å². The van der Waals surface area contributed by atoms with Gasteiger partial charge in [0.1, 0.15) is 6.04 Å². The van der Waals surface area contributed by atoms with Gasteiger partial charge >= 0.3 is 5.97 Å². The van der Waals surface area contributed by atoms with E-state index in [0.29, 0.717) is 16.5 Å². The second-order valence-corrected chi connectivity index (χ2v) is 7.53. The standard InChI is InChI=1S/C17H17Cl2NO2S/c1-10-8-14(23-9-10)16(11-4-2-5-12(18)15(11)19)20-7-3-6-13(20)17(21)22/h2,4-5,8-9,13,16H,3,6-7H2,1H3,(H,21,22). The monoisotopic (exact) mass is 369 g/mol. The maximum atomic E-state index is 11.6. The van der Waals surface area contributed by atoms with Crippen LogP contribution in [-0.2, 0) is 4.79 Å². The summed E-state index contributed by atoms with van der Waals surface area (Å²) >= 11 is 14.3. The fourth-order valence-corrected chi connectivity index (χ4v) is 4.63. The van der Waals surface area contributed by atoms with Crippen molar-refractivity contribution in [2.45, 2.75) is 31.8 Å². The first kappa shape index (κ1) is 16.8. The molecule has 1 aliphatic heterocycles. The summed E-state index contributed by atoms with van der Waals surface area (Å²) in [5, 5.41) is 12.6. The van der Waals surface area contributed by atoms with Gasteiger partial charge in [-0.25, -0.2) is 0 Å². The molecule has 1 aliphatic rings. The zero-order chi connectivity index (χ0) is 16.6. The molecule has 3 nitrogen and oxygen atoms in total. The highest BCUT2D eigenvalue weighted by Gasteiger charge is 2.38. The third-order valence-corrected chi connectivity index (χ3v) is 6.14. The van der Waals surface area contributed by atoms with Gasteiger partial charge in [-0.1, -0.05) is 35.3 Å². The van der Waals surface area contributed by atoms with E-state index in [4.69, 9.17) is 23.2 Å². The Kier molecular flexibility index (Phi) is 4.97. The van der Waals surface area contributed by atoms with Crippen molar-refractivity contribution < 1.29 is 9.90 Å². The molecule has 1 aromatic heterocycles. The van der Waals surface area contributed by atoms with Gasteiger partial charge in [0.05, 0.1) is 16.1 Å². The number of nitrogens with zero attached hydrogens (tertiary/aromatic N) is 1. The quantitative estimate of drug-likeness (QED) is 0.823. The number of aliphatic carboxylic acids is 1. The van der Waals surface area contributed by atoms with Crippen LogP contribution in [0, 0.1) is 6.92 Å². The summed E-state index contributed by atoms with van der Waals surface area (Å²) in [6.45, 7) is 2.77. The highest BCUT2D eigenvalue weighted by Crippen LogP contribution is 2.41. The van der Waals surface area contributed by atoms with E-state index in [1.807, 2.05) is 24.0 Å². The van der Waals surface area contributed by atoms with Crippen LogP contribution in [0.1, 0.15) is 34.9 Å². The van der Waals surface area contributed by atoms with Crippen LogP contribution in [-0.4, -0.2) is 28.6 Å². The van der Waals surface area contributed by atoms with Crippen LogP contribution < -0.4 is 0 Å². The van der Waals surface area contributed by atoms with E-state index in [-0.39, 0.29) is 6.04 Å². The third kappa shape index (κ3) is 3.26. The van der Waals surface area contributed by atoms with Gasteiger partial charge in [-0.05, 0) is 48.4 Å². The lowest BCUT2D eigenvalue weighted by Crippen LogP contribution is -2.39. The molecule has 0 radical (unpaired) electrons. The SMILES string of the molecule is Cc1csc(C(c2cccc(Cl)c2Cl)N2CCCC2C(=O)O)c1. The van der Waals surface area contributed by atoms with Crippen LogP contribution >= 0.6 is 34.5 Å². The Bertz CT molecular complexity index is 731. The first-order valence-corrected chi connectivity index (χ1v) is 9.10. The van der Waals surface area contributed by atoms with Gasteiger partial charge in [0.25, 0.3) is 0 Å². The molecule has 122 valence electrons. The fourth-order valence-electron chi connectivity index (χ4n) is 3.19. The van der Waals surface area contributed by atoms with Crippen LogP contribution in [0.3, 0.4) is 0 Å². The first-order valence-electron chi connectivity index (χ1n) is 7.46. The minimum Gasteiger partial charge on any atom is -0.480 e. The molecule has 2 aromatic rings. The summed E-state index contributed by atoms with van der Waals surface area (Å²) < 4.78 is 0. The van der Waals surface area contributed by atoms with Crippen molar-refractivity contribution in [2.75, 3.05) is 6.54 Å². The molecule has 3 rings (SSSR count). The van der Waals surface area contributed by atoms with Crippen molar-refractivity contribution in [2.24, 2.45) is 0 Å². The molecule has 23 heavy (non-hydrogen) atoms. The fraction of sp³-hybridized carbons (Fsp3) is 0.353. The predicted octanol–water partition coefficient (Wildman–Crippen LogP) is 5.00. The molecule has 1 saturated heterocycles. The van der Waals surface area contributed by atoms with Crippen LogP contribution in [0.4, 0.5) is 0 Å². The van der Waals surface area contributed by atoms with E-state index in [9.17, 15) is 9.90 Å². The lowest BCUT2D eigenvalue weighted by molar-refractivity contribution is -0.142. The van der Waals surface area contributed by atoms with Crippen molar-refractivity contribution in [3.8, 4) is 0 Å². The molecule has 0 aliphatic carbocycles. The molecule has 6 heteroatoms. The number of likely N-dealkylation sites (tertiary alicyclic amines) is 1. The van der Waals surface area contributed by atoms with Gasteiger partial charge in [0, 0.05) is 11.4 Å². The summed E-state index contributed by atoms with van der Waals surface area (Å²) in [4.78, 5) is 14.8. The predicted molar refractivity (Wildman–Crippen MR) is 94.7 cm³/mol. The zero-order valence-electron chi connectivity index (χ0n) is 12.6. The van der Waals surface area contributed by atoms with Crippen molar-refractivity contribution in [3.63, 3.8) is 0 Å². The molecular formula is C17H17Cl2NO2S. The second-order valence-electron chi connectivity index (χ2n) is 5.81. The molecule has 0 spiro atoms. The summed E-state index contributed by atoms with van der Waals surface area (Å²) in [5.74, 6) is -0.779. The van der Waals surface area contributed by atoms with E-state index >= 15 is 0 Å². The molecule has 2 unspecified atom stereocenters. The van der Waals surface area contributed by atoms with E-state index < -0.39 is 12.0 Å². The molecule has 2 atom stereocenters. The Labute approximate surface area is 149 Å².